The third kappa shape index (κ3) is 5.75. The number of amides is 1. The SMILES string of the molecule is NCC1CCC(C2NC(N3CCN(C(=O)OC4CC4)CC(F)(F)C3)NO2)CC1NC1COC1. The summed E-state index contributed by atoms with van der Waals surface area (Å²) in [6, 6.07) is 0.667. The smallest absolute Gasteiger partial charge is 0.410 e. The maximum absolute atomic E-state index is 14.7. The van der Waals surface area contributed by atoms with Gasteiger partial charge in [-0.05, 0) is 44.6 Å². The number of hydrogen-bond acceptors (Lipinski definition) is 9. The third-order valence-corrected chi connectivity index (χ3v) is 7.41. The zero-order chi connectivity index (χ0) is 23.0. The molecule has 12 heteroatoms. The molecule has 5 unspecified atom stereocenters. The Bertz CT molecular complexity index is 698. The van der Waals surface area contributed by atoms with Crippen LogP contribution in [-0.4, -0.2) is 98.5 Å². The Morgan fingerprint density at radius 3 is 2.70 bits per heavy atom. The fourth-order valence-electron chi connectivity index (χ4n) is 5.25. The number of hydrogen-bond donors (Lipinski definition) is 4. The van der Waals surface area contributed by atoms with Crippen LogP contribution in [0, 0.1) is 11.8 Å². The van der Waals surface area contributed by atoms with Crippen LogP contribution in [0.4, 0.5) is 13.6 Å². The summed E-state index contributed by atoms with van der Waals surface area (Å²) in [5.41, 5.74) is 8.92. The number of halogens is 2. The Morgan fingerprint density at radius 2 is 2.00 bits per heavy atom. The first-order valence-electron chi connectivity index (χ1n) is 12.2. The number of nitrogens with two attached hydrogens (primary N) is 1. The Kier molecular flexibility index (Phi) is 7.03. The molecule has 2 aliphatic carbocycles. The maximum Gasteiger partial charge on any atom is 0.410 e. The number of alkyl halides is 2. The van der Waals surface area contributed by atoms with Gasteiger partial charge in [0.1, 0.15) is 18.6 Å². The molecule has 0 aromatic rings. The van der Waals surface area contributed by atoms with E-state index in [1.165, 1.54) is 0 Å². The van der Waals surface area contributed by atoms with E-state index in [0.717, 1.165) is 50.2 Å². The summed E-state index contributed by atoms with van der Waals surface area (Å²) in [6.45, 7) is 1.48. The van der Waals surface area contributed by atoms with Gasteiger partial charge in [0, 0.05) is 25.0 Å². The third-order valence-electron chi connectivity index (χ3n) is 7.41. The molecular weight excluding hydrogens is 438 g/mol. The van der Waals surface area contributed by atoms with Crippen LogP contribution in [0.15, 0.2) is 0 Å². The molecule has 3 heterocycles. The van der Waals surface area contributed by atoms with E-state index in [1.54, 1.807) is 4.90 Å². The Balaban J connectivity index is 1.15. The van der Waals surface area contributed by atoms with Crippen molar-refractivity contribution >= 4 is 6.09 Å². The van der Waals surface area contributed by atoms with Gasteiger partial charge in [0.25, 0.3) is 5.92 Å². The van der Waals surface area contributed by atoms with E-state index >= 15 is 0 Å². The average molecular weight is 475 g/mol. The lowest BCUT2D eigenvalue weighted by atomic mass is 9.77. The van der Waals surface area contributed by atoms with Gasteiger partial charge in [-0.2, -0.15) is 5.48 Å². The standard InChI is InChI=1S/C21H36F2N6O4/c22-21(23)11-28(5-6-29(12-21)20(30)32-16-3-4-16)19-26-18(33-27-19)13-1-2-14(8-24)17(7-13)25-15-9-31-10-15/h13-19,25-27H,1-12,24H2. The number of carbonyl (C=O) groups is 1. The van der Waals surface area contributed by atoms with Gasteiger partial charge in [-0.15, -0.1) is 0 Å². The number of nitrogens with zero attached hydrogens (tertiary/aromatic N) is 2. The number of hydroxylamine groups is 1. The monoisotopic (exact) mass is 474 g/mol. The van der Waals surface area contributed by atoms with E-state index in [9.17, 15) is 13.6 Å². The van der Waals surface area contributed by atoms with Crippen LogP contribution in [0.1, 0.15) is 32.1 Å². The van der Waals surface area contributed by atoms with Crippen molar-refractivity contribution in [3.05, 3.63) is 0 Å². The Hall–Kier alpha value is -1.15. The molecule has 188 valence electrons. The molecule has 5 aliphatic rings. The summed E-state index contributed by atoms with van der Waals surface area (Å²) in [4.78, 5) is 20.8. The quantitative estimate of drug-likeness (QED) is 0.423. The van der Waals surface area contributed by atoms with E-state index in [1.807, 2.05) is 0 Å². The lowest BCUT2D eigenvalue weighted by molar-refractivity contribution is -0.0611. The van der Waals surface area contributed by atoms with Crippen LogP contribution < -0.4 is 21.8 Å². The first-order chi connectivity index (χ1) is 15.9. The average Bonchev–Trinajstić information content (AvgIpc) is 3.47. The normalized spacial score (nSPS) is 38.0. The molecule has 0 radical (unpaired) electrons. The van der Waals surface area contributed by atoms with Crippen LogP contribution in [0.25, 0.3) is 0 Å². The maximum atomic E-state index is 14.7. The summed E-state index contributed by atoms with van der Waals surface area (Å²) in [5.74, 6) is -2.39. The van der Waals surface area contributed by atoms with Crippen LogP contribution in [0.5, 0.6) is 0 Å². The number of rotatable bonds is 6. The Labute approximate surface area is 192 Å². The topological polar surface area (TPSA) is 113 Å². The number of nitrogens with one attached hydrogen (secondary N) is 3. The summed E-state index contributed by atoms with van der Waals surface area (Å²) in [6.07, 6.45) is 2.92. The van der Waals surface area contributed by atoms with E-state index < -0.39 is 31.4 Å². The van der Waals surface area contributed by atoms with Crippen LogP contribution in [0.3, 0.4) is 0 Å². The molecular formula is C21H36F2N6O4. The minimum atomic E-state index is -3.04. The Morgan fingerprint density at radius 1 is 1.18 bits per heavy atom. The van der Waals surface area contributed by atoms with Gasteiger partial charge in [0.2, 0.25) is 0 Å². The van der Waals surface area contributed by atoms with Crippen molar-refractivity contribution in [3.8, 4) is 0 Å². The summed E-state index contributed by atoms with van der Waals surface area (Å²) >= 11 is 0. The summed E-state index contributed by atoms with van der Waals surface area (Å²) < 4.78 is 39.8. The molecule has 0 aromatic heterocycles. The predicted molar refractivity (Wildman–Crippen MR) is 114 cm³/mol. The highest BCUT2D eigenvalue weighted by Crippen LogP contribution is 2.33. The molecule has 2 saturated carbocycles. The number of carbonyl (C=O) groups excluding carboxylic acids is 1. The predicted octanol–water partition coefficient (Wildman–Crippen LogP) is 0.00440. The van der Waals surface area contributed by atoms with Gasteiger partial charge in [0.15, 0.2) is 0 Å². The van der Waals surface area contributed by atoms with Crippen molar-refractivity contribution in [2.75, 3.05) is 45.9 Å². The van der Waals surface area contributed by atoms with Crippen molar-refractivity contribution in [3.63, 3.8) is 0 Å². The minimum absolute atomic E-state index is 0.109. The second-order valence-corrected chi connectivity index (χ2v) is 10.1. The highest BCUT2D eigenvalue weighted by molar-refractivity contribution is 5.68. The van der Waals surface area contributed by atoms with Gasteiger partial charge in [-0.1, -0.05) is 0 Å². The van der Waals surface area contributed by atoms with Crippen molar-refractivity contribution in [2.45, 2.75) is 68.7 Å². The van der Waals surface area contributed by atoms with E-state index in [2.05, 4.69) is 16.1 Å². The molecule has 5 fully saturated rings. The molecule has 3 aliphatic heterocycles. The first-order valence-corrected chi connectivity index (χ1v) is 12.2. The van der Waals surface area contributed by atoms with E-state index in [-0.39, 0.29) is 24.8 Å². The second-order valence-electron chi connectivity index (χ2n) is 10.1. The molecule has 3 saturated heterocycles. The van der Waals surface area contributed by atoms with Crippen LogP contribution in [-0.2, 0) is 14.3 Å². The fraction of sp³-hybridized carbons (Fsp3) is 0.952. The molecule has 5 N–H and O–H groups in total. The molecule has 10 nitrogen and oxygen atoms in total. The number of ether oxygens (including phenoxy) is 2. The van der Waals surface area contributed by atoms with Gasteiger partial charge < -0.3 is 25.4 Å². The summed E-state index contributed by atoms with van der Waals surface area (Å²) in [7, 11) is 0. The van der Waals surface area contributed by atoms with Gasteiger partial charge >= 0.3 is 6.09 Å². The molecule has 33 heavy (non-hydrogen) atoms. The first kappa shape index (κ1) is 23.6. The largest absolute Gasteiger partial charge is 0.446 e. The van der Waals surface area contributed by atoms with E-state index in [0.29, 0.717) is 31.1 Å². The molecule has 5 atom stereocenters. The van der Waals surface area contributed by atoms with Gasteiger partial charge in [-0.25, -0.2) is 13.6 Å². The van der Waals surface area contributed by atoms with Crippen molar-refractivity contribution in [1.82, 2.24) is 25.9 Å². The van der Waals surface area contributed by atoms with Gasteiger partial charge in [0.05, 0.1) is 32.3 Å². The fourth-order valence-corrected chi connectivity index (χ4v) is 5.25. The van der Waals surface area contributed by atoms with Crippen molar-refractivity contribution < 1.29 is 27.9 Å². The van der Waals surface area contributed by atoms with Gasteiger partial charge in [-0.3, -0.25) is 15.1 Å². The molecule has 5 rings (SSSR count). The minimum Gasteiger partial charge on any atom is -0.446 e. The lowest BCUT2D eigenvalue weighted by Gasteiger charge is -2.41. The van der Waals surface area contributed by atoms with Crippen LogP contribution >= 0.6 is 0 Å². The van der Waals surface area contributed by atoms with Crippen LogP contribution in [0.2, 0.25) is 0 Å². The van der Waals surface area contributed by atoms with Crippen molar-refractivity contribution in [1.29, 1.82) is 0 Å². The molecule has 0 bridgehead atoms. The molecule has 1 amide bonds. The molecule has 0 spiro atoms. The zero-order valence-corrected chi connectivity index (χ0v) is 18.9. The highest BCUT2D eigenvalue weighted by Gasteiger charge is 2.45. The molecule has 0 aromatic carbocycles. The second kappa shape index (κ2) is 9.84. The van der Waals surface area contributed by atoms with E-state index in [4.69, 9.17) is 20.0 Å². The summed E-state index contributed by atoms with van der Waals surface area (Å²) in [5, 5.41) is 7.03. The lowest BCUT2D eigenvalue weighted by Crippen LogP contribution is -2.57. The van der Waals surface area contributed by atoms with Crippen molar-refractivity contribution in [2.24, 2.45) is 17.6 Å². The highest BCUT2D eigenvalue weighted by atomic mass is 19.3. The zero-order valence-electron chi connectivity index (χ0n) is 18.9.